The van der Waals surface area contributed by atoms with Gasteiger partial charge in [0.25, 0.3) is 0 Å². The Kier molecular flexibility index (Phi) is 4.93. The van der Waals surface area contributed by atoms with Crippen LogP contribution in [-0.4, -0.2) is 22.5 Å². The second-order valence-corrected chi connectivity index (χ2v) is 5.25. The SMILES string of the molecule is CCC(C)(CC)NC(=O)C1CC=CCC1C(=O)O. The van der Waals surface area contributed by atoms with Gasteiger partial charge in [-0.2, -0.15) is 0 Å². The molecule has 0 fully saturated rings. The van der Waals surface area contributed by atoms with Crippen LogP contribution in [0.25, 0.3) is 0 Å². The fraction of sp³-hybridized carbons (Fsp3) is 0.714. The first-order valence-electron chi connectivity index (χ1n) is 6.63. The molecule has 2 atom stereocenters. The predicted octanol–water partition coefficient (Wildman–Crippen LogP) is 2.35. The summed E-state index contributed by atoms with van der Waals surface area (Å²) in [4.78, 5) is 23.4. The molecule has 1 rings (SSSR count). The number of carbonyl (C=O) groups excluding carboxylic acids is 1. The lowest BCUT2D eigenvalue weighted by Crippen LogP contribution is -2.49. The van der Waals surface area contributed by atoms with E-state index in [1.165, 1.54) is 0 Å². The third kappa shape index (κ3) is 3.34. The topological polar surface area (TPSA) is 66.4 Å². The molecule has 4 heteroatoms. The number of hydrogen-bond donors (Lipinski definition) is 2. The van der Waals surface area contributed by atoms with Gasteiger partial charge in [0.1, 0.15) is 0 Å². The summed E-state index contributed by atoms with van der Waals surface area (Å²) in [6.45, 7) is 6.05. The summed E-state index contributed by atoms with van der Waals surface area (Å²) in [5.74, 6) is -2.04. The standard InChI is InChI=1S/C14H23NO3/c1-4-14(3,5-2)15-12(16)10-8-6-7-9-11(10)13(17)18/h6-7,10-11H,4-5,8-9H2,1-3H3,(H,15,16)(H,17,18). The Labute approximate surface area is 108 Å². The highest BCUT2D eigenvalue weighted by Gasteiger charge is 2.36. The Bertz CT molecular complexity index is 345. The van der Waals surface area contributed by atoms with Gasteiger partial charge in [-0.25, -0.2) is 0 Å². The highest BCUT2D eigenvalue weighted by molar-refractivity contribution is 5.85. The van der Waals surface area contributed by atoms with E-state index in [0.29, 0.717) is 12.8 Å². The van der Waals surface area contributed by atoms with Crippen molar-refractivity contribution < 1.29 is 14.7 Å². The van der Waals surface area contributed by atoms with Crippen LogP contribution in [0, 0.1) is 11.8 Å². The number of nitrogens with one attached hydrogen (secondary N) is 1. The molecule has 0 spiro atoms. The van der Waals surface area contributed by atoms with Crippen LogP contribution in [0.2, 0.25) is 0 Å². The summed E-state index contributed by atoms with van der Waals surface area (Å²) in [6, 6.07) is 0. The first-order valence-corrected chi connectivity index (χ1v) is 6.63. The molecule has 1 aliphatic rings. The Hall–Kier alpha value is -1.32. The monoisotopic (exact) mass is 253 g/mol. The van der Waals surface area contributed by atoms with Crippen LogP contribution in [0.5, 0.6) is 0 Å². The maximum Gasteiger partial charge on any atom is 0.307 e. The normalized spacial score (nSPS) is 23.7. The first kappa shape index (κ1) is 14.7. The smallest absolute Gasteiger partial charge is 0.307 e. The second-order valence-electron chi connectivity index (χ2n) is 5.25. The Balaban J connectivity index is 2.76. The highest BCUT2D eigenvalue weighted by Crippen LogP contribution is 2.27. The molecular formula is C14H23NO3. The van der Waals surface area contributed by atoms with Crippen molar-refractivity contribution in [3.05, 3.63) is 12.2 Å². The molecule has 0 radical (unpaired) electrons. The lowest BCUT2D eigenvalue weighted by molar-refractivity contribution is -0.147. The maximum atomic E-state index is 12.2. The molecular weight excluding hydrogens is 230 g/mol. The molecule has 1 amide bonds. The minimum Gasteiger partial charge on any atom is -0.481 e. The lowest BCUT2D eigenvalue weighted by Gasteiger charge is -2.32. The van der Waals surface area contributed by atoms with Crippen molar-refractivity contribution in [2.75, 3.05) is 0 Å². The van der Waals surface area contributed by atoms with Gasteiger partial charge in [0.15, 0.2) is 0 Å². The lowest BCUT2D eigenvalue weighted by atomic mass is 9.81. The van der Waals surface area contributed by atoms with Gasteiger partial charge in [-0.3, -0.25) is 9.59 Å². The number of amides is 1. The van der Waals surface area contributed by atoms with E-state index in [4.69, 9.17) is 5.11 Å². The van der Waals surface area contributed by atoms with Crippen LogP contribution in [-0.2, 0) is 9.59 Å². The van der Waals surface area contributed by atoms with Gasteiger partial charge in [0.05, 0.1) is 11.8 Å². The Morgan fingerprint density at radius 3 is 2.17 bits per heavy atom. The summed E-state index contributed by atoms with van der Waals surface area (Å²) < 4.78 is 0. The zero-order valence-corrected chi connectivity index (χ0v) is 11.4. The first-order chi connectivity index (χ1) is 8.43. The largest absolute Gasteiger partial charge is 0.481 e. The van der Waals surface area contributed by atoms with Gasteiger partial charge in [0, 0.05) is 5.54 Å². The van der Waals surface area contributed by atoms with E-state index in [9.17, 15) is 9.59 Å². The third-order valence-corrected chi connectivity index (χ3v) is 4.07. The van der Waals surface area contributed by atoms with Crippen LogP contribution in [0.15, 0.2) is 12.2 Å². The molecule has 0 saturated carbocycles. The average Bonchev–Trinajstić information content (AvgIpc) is 2.38. The number of rotatable bonds is 5. The van der Waals surface area contributed by atoms with Crippen LogP contribution in [0.3, 0.4) is 0 Å². The quantitative estimate of drug-likeness (QED) is 0.739. The molecule has 0 aromatic heterocycles. The molecule has 2 unspecified atom stereocenters. The van der Waals surface area contributed by atoms with Crippen molar-refractivity contribution in [2.45, 2.75) is 52.0 Å². The van der Waals surface area contributed by atoms with E-state index in [-0.39, 0.29) is 11.4 Å². The van der Waals surface area contributed by atoms with E-state index >= 15 is 0 Å². The minimum atomic E-state index is -0.880. The maximum absolute atomic E-state index is 12.2. The number of aliphatic carboxylic acids is 1. The van der Waals surface area contributed by atoms with Gasteiger partial charge in [-0.05, 0) is 32.6 Å². The van der Waals surface area contributed by atoms with Crippen molar-refractivity contribution >= 4 is 11.9 Å². The molecule has 0 aromatic carbocycles. The highest BCUT2D eigenvalue weighted by atomic mass is 16.4. The molecule has 18 heavy (non-hydrogen) atoms. The summed E-state index contributed by atoms with van der Waals surface area (Å²) in [5.41, 5.74) is -0.235. The number of carbonyl (C=O) groups is 2. The molecule has 4 nitrogen and oxygen atoms in total. The van der Waals surface area contributed by atoms with Crippen molar-refractivity contribution in [1.29, 1.82) is 0 Å². The van der Waals surface area contributed by atoms with Crippen LogP contribution in [0.1, 0.15) is 46.5 Å². The molecule has 0 aliphatic heterocycles. The summed E-state index contributed by atoms with van der Waals surface area (Å²) in [7, 11) is 0. The fourth-order valence-corrected chi connectivity index (χ4v) is 2.19. The number of allylic oxidation sites excluding steroid dienone is 2. The summed E-state index contributed by atoms with van der Waals surface area (Å²) in [5, 5.41) is 12.2. The zero-order valence-electron chi connectivity index (χ0n) is 11.4. The van der Waals surface area contributed by atoms with Gasteiger partial charge in [-0.1, -0.05) is 26.0 Å². The molecule has 0 heterocycles. The predicted molar refractivity (Wildman–Crippen MR) is 70.1 cm³/mol. The number of carboxylic acid groups (broad SMARTS) is 1. The fourth-order valence-electron chi connectivity index (χ4n) is 2.19. The van der Waals surface area contributed by atoms with Gasteiger partial charge < -0.3 is 10.4 Å². The van der Waals surface area contributed by atoms with Crippen molar-refractivity contribution in [2.24, 2.45) is 11.8 Å². The number of carboxylic acids is 1. The van der Waals surface area contributed by atoms with Gasteiger partial charge in [0.2, 0.25) is 5.91 Å². The molecule has 102 valence electrons. The summed E-state index contributed by atoms with van der Waals surface area (Å²) in [6.07, 6.45) is 6.40. The average molecular weight is 253 g/mol. The summed E-state index contributed by atoms with van der Waals surface area (Å²) >= 11 is 0. The second kappa shape index (κ2) is 6.03. The third-order valence-electron chi connectivity index (χ3n) is 4.07. The molecule has 0 saturated heterocycles. The Morgan fingerprint density at radius 1 is 1.22 bits per heavy atom. The van der Waals surface area contributed by atoms with E-state index in [0.717, 1.165) is 12.8 Å². The van der Waals surface area contributed by atoms with Gasteiger partial charge in [-0.15, -0.1) is 0 Å². The van der Waals surface area contributed by atoms with E-state index in [1.807, 2.05) is 32.9 Å². The zero-order chi connectivity index (χ0) is 13.8. The van der Waals surface area contributed by atoms with Crippen molar-refractivity contribution in [3.8, 4) is 0 Å². The minimum absolute atomic E-state index is 0.127. The van der Waals surface area contributed by atoms with Crippen molar-refractivity contribution in [3.63, 3.8) is 0 Å². The van der Waals surface area contributed by atoms with Crippen LogP contribution >= 0.6 is 0 Å². The van der Waals surface area contributed by atoms with E-state index in [1.54, 1.807) is 0 Å². The molecule has 0 bridgehead atoms. The van der Waals surface area contributed by atoms with Crippen LogP contribution < -0.4 is 5.32 Å². The van der Waals surface area contributed by atoms with E-state index < -0.39 is 17.8 Å². The Morgan fingerprint density at radius 2 is 1.72 bits per heavy atom. The molecule has 1 aliphatic carbocycles. The van der Waals surface area contributed by atoms with E-state index in [2.05, 4.69) is 5.32 Å². The van der Waals surface area contributed by atoms with Crippen molar-refractivity contribution in [1.82, 2.24) is 5.32 Å². The van der Waals surface area contributed by atoms with Crippen LogP contribution in [0.4, 0.5) is 0 Å². The molecule has 2 N–H and O–H groups in total. The van der Waals surface area contributed by atoms with Gasteiger partial charge >= 0.3 is 5.97 Å². The number of hydrogen-bond acceptors (Lipinski definition) is 2. The molecule has 0 aromatic rings.